The largest absolute Gasteiger partial charge is 0.464 e. The van der Waals surface area contributed by atoms with Crippen LogP contribution in [0.3, 0.4) is 0 Å². The van der Waals surface area contributed by atoms with Gasteiger partial charge in [0.1, 0.15) is 22.4 Å². The first kappa shape index (κ1) is 25.3. The molecule has 0 saturated carbocycles. The van der Waals surface area contributed by atoms with Gasteiger partial charge >= 0.3 is 5.97 Å². The number of rotatable bonds is 6. The van der Waals surface area contributed by atoms with Gasteiger partial charge in [-0.3, -0.25) is 4.79 Å². The van der Waals surface area contributed by atoms with E-state index in [0.29, 0.717) is 32.0 Å². The number of halogens is 1. The first-order valence-electron chi connectivity index (χ1n) is 11.3. The van der Waals surface area contributed by atoms with Crippen molar-refractivity contribution < 1.29 is 22.7 Å². The molecule has 0 unspecified atom stereocenters. The van der Waals surface area contributed by atoms with Crippen molar-refractivity contribution in [1.29, 1.82) is 0 Å². The van der Waals surface area contributed by atoms with Gasteiger partial charge in [-0.25, -0.2) is 23.2 Å². The van der Waals surface area contributed by atoms with Crippen LogP contribution >= 0.6 is 22.9 Å². The number of hydrogen-bond donors (Lipinski definition) is 1. The van der Waals surface area contributed by atoms with E-state index in [4.69, 9.17) is 22.1 Å². The van der Waals surface area contributed by atoms with Crippen LogP contribution in [0.4, 0.5) is 5.82 Å². The maximum atomic E-state index is 13.5. The van der Waals surface area contributed by atoms with Gasteiger partial charge in [-0.2, -0.15) is 4.31 Å². The molecule has 1 saturated heterocycles. The molecule has 0 aliphatic carbocycles. The molecule has 2 aromatic heterocycles. The lowest BCUT2D eigenvalue weighted by atomic mass is 10.1. The molecule has 13 heteroatoms. The minimum Gasteiger partial charge on any atom is -0.464 e. The fourth-order valence-electron chi connectivity index (χ4n) is 4.25. The van der Waals surface area contributed by atoms with E-state index < -0.39 is 34.5 Å². The predicted molar refractivity (Wildman–Crippen MR) is 141 cm³/mol. The fraction of sp³-hybridized carbons (Fsp3) is 0.250. The Labute approximate surface area is 221 Å². The fourth-order valence-corrected chi connectivity index (χ4v) is 7.47. The second kappa shape index (κ2) is 9.86. The van der Waals surface area contributed by atoms with Gasteiger partial charge < -0.3 is 15.4 Å². The van der Waals surface area contributed by atoms with Crippen LogP contribution in [0.15, 0.2) is 53.0 Å². The Kier molecular flexibility index (Phi) is 6.75. The highest BCUT2D eigenvalue weighted by Gasteiger charge is 2.43. The average molecular weight is 560 g/mol. The quantitative estimate of drug-likeness (QED) is 0.356. The van der Waals surface area contributed by atoms with Crippen molar-refractivity contribution in [2.24, 2.45) is 0 Å². The predicted octanol–water partition coefficient (Wildman–Crippen LogP) is 3.04. The SMILES string of the molecule is CCOC(=O)[C@@H]1CN(S(=O)(=O)c2cc3ccc(Cl)cc3s2)CC(=O)N1Cc1ccc2c(N)ncnc2c1. The van der Waals surface area contributed by atoms with Gasteiger partial charge in [0, 0.05) is 28.2 Å². The molecule has 0 spiro atoms. The highest BCUT2D eigenvalue weighted by molar-refractivity contribution is 7.91. The number of aromatic nitrogens is 2. The van der Waals surface area contributed by atoms with Crippen LogP contribution in [0.25, 0.3) is 21.0 Å². The van der Waals surface area contributed by atoms with Crippen molar-refractivity contribution >= 4 is 71.6 Å². The Hall–Kier alpha value is -3.32. The third kappa shape index (κ3) is 4.85. The van der Waals surface area contributed by atoms with E-state index >= 15 is 0 Å². The molecule has 1 amide bonds. The number of fused-ring (bicyclic) bond motifs is 2. The molecule has 1 atom stereocenters. The Bertz CT molecular complexity index is 1640. The number of carbonyl (C=O) groups is 2. The van der Waals surface area contributed by atoms with E-state index in [-0.39, 0.29) is 23.9 Å². The lowest BCUT2D eigenvalue weighted by molar-refractivity contribution is -0.158. The number of benzene rings is 2. The second-order valence-electron chi connectivity index (χ2n) is 8.45. The highest BCUT2D eigenvalue weighted by Crippen LogP contribution is 2.34. The van der Waals surface area contributed by atoms with Gasteiger partial charge in [0.15, 0.2) is 0 Å². The number of hydrogen-bond acceptors (Lipinski definition) is 9. The number of nitrogens with zero attached hydrogens (tertiary/aromatic N) is 4. The molecule has 3 heterocycles. The summed E-state index contributed by atoms with van der Waals surface area (Å²) in [7, 11) is -4.06. The lowest BCUT2D eigenvalue weighted by Gasteiger charge is -2.38. The van der Waals surface area contributed by atoms with E-state index in [2.05, 4.69) is 9.97 Å². The third-order valence-electron chi connectivity index (χ3n) is 6.08. The molecule has 1 aliphatic heterocycles. The molecular weight excluding hydrogens is 538 g/mol. The average Bonchev–Trinajstić information content (AvgIpc) is 3.29. The number of thiophene rings is 1. The zero-order chi connectivity index (χ0) is 26.3. The molecule has 37 heavy (non-hydrogen) atoms. The molecule has 1 aliphatic rings. The zero-order valence-electron chi connectivity index (χ0n) is 19.6. The number of esters is 1. The first-order chi connectivity index (χ1) is 17.7. The van der Waals surface area contributed by atoms with Crippen molar-refractivity contribution in [3.05, 3.63) is 59.4 Å². The summed E-state index contributed by atoms with van der Waals surface area (Å²) in [6.07, 6.45) is 1.35. The standard InChI is InChI=1S/C24H22ClN5O5S2/c1-2-35-24(32)19-11-29(37(33,34)22-8-15-4-5-16(25)9-20(15)36-22)12-21(31)30(19)10-14-3-6-17-18(7-14)27-13-28-23(17)26/h3-9,13,19H,2,10-12H2,1H3,(H2,26,27,28)/t19-/m0/s1. The van der Waals surface area contributed by atoms with Crippen LogP contribution in [0.2, 0.25) is 5.02 Å². The Balaban J connectivity index is 1.45. The summed E-state index contributed by atoms with van der Waals surface area (Å²) in [6, 6.07) is 10.8. The number of ether oxygens (including phenoxy) is 1. The first-order valence-corrected chi connectivity index (χ1v) is 14.0. The van der Waals surface area contributed by atoms with Crippen molar-refractivity contribution in [2.45, 2.75) is 23.7 Å². The molecule has 192 valence electrons. The summed E-state index contributed by atoms with van der Waals surface area (Å²) >= 11 is 7.11. The summed E-state index contributed by atoms with van der Waals surface area (Å²) in [5, 5.41) is 1.88. The third-order valence-corrected chi connectivity index (χ3v) is 9.68. The van der Waals surface area contributed by atoms with E-state index in [1.807, 2.05) is 0 Å². The Morgan fingerprint density at radius 3 is 2.81 bits per heavy atom. The molecule has 2 N–H and O–H groups in total. The Morgan fingerprint density at radius 1 is 1.22 bits per heavy atom. The summed E-state index contributed by atoms with van der Waals surface area (Å²) in [5.74, 6) is -0.857. The molecular formula is C24H22ClN5O5S2. The number of carbonyl (C=O) groups excluding carboxylic acids is 2. The van der Waals surface area contributed by atoms with Crippen LogP contribution in [0.5, 0.6) is 0 Å². The van der Waals surface area contributed by atoms with E-state index in [1.54, 1.807) is 49.4 Å². The lowest BCUT2D eigenvalue weighted by Crippen LogP contribution is -2.60. The van der Waals surface area contributed by atoms with Gasteiger partial charge in [-0.1, -0.05) is 23.7 Å². The van der Waals surface area contributed by atoms with Crippen molar-refractivity contribution in [3.8, 4) is 0 Å². The summed E-state index contributed by atoms with van der Waals surface area (Å²) in [5.41, 5.74) is 7.19. The summed E-state index contributed by atoms with van der Waals surface area (Å²) in [4.78, 5) is 35.7. The van der Waals surface area contributed by atoms with Crippen molar-refractivity contribution in [3.63, 3.8) is 0 Å². The maximum Gasteiger partial charge on any atom is 0.330 e. The highest BCUT2D eigenvalue weighted by atomic mass is 35.5. The van der Waals surface area contributed by atoms with Gasteiger partial charge in [0.25, 0.3) is 10.0 Å². The molecule has 4 aromatic rings. The van der Waals surface area contributed by atoms with Gasteiger partial charge in [-0.05, 0) is 48.2 Å². The van der Waals surface area contributed by atoms with Gasteiger partial charge in [0.2, 0.25) is 5.91 Å². The van der Waals surface area contributed by atoms with E-state index in [9.17, 15) is 18.0 Å². The Morgan fingerprint density at radius 2 is 2.03 bits per heavy atom. The smallest absolute Gasteiger partial charge is 0.330 e. The number of amides is 1. The minimum atomic E-state index is -4.06. The number of nitrogen functional groups attached to an aromatic ring is 1. The number of piperazine rings is 1. The van der Waals surface area contributed by atoms with E-state index in [1.165, 1.54) is 11.2 Å². The molecule has 0 radical (unpaired) electrons. The van der Waals surface area contributed by atoms with Crippen LogP contribution in [-0.4, -0.2) is 65.2 Å². The van der Waals surface area contributed by atoms with Crippen molar-refractivity contribution in [2.75, 3.05) is 25.4 Å². The minimum absolute atomic E-state index is 0.0669. The van der Waals surface area contributed by atoms with E-state index in [0.717, 1.165) is 21.0 Å². The number of sulfonamides is 1. The van der Waals surface area contributed by atoms with Gasteiger partial charge in [0.05, 0.1) is 18.7 Å². The van der Waals surface area contributed by atoms with Crippen LogP contribution in [-0.2, 0) is 30.9 Å². The maximum absolute atomic E-state index is 13.5. The number of nitrogens with two attached hydrogens (primary N) is 1. The van der Waals surface area contributed by atoms with Crippen LogP contribution < -0.4 is 5.73 Å². The zero-order valence-corrected chi connectivity index (χ0v) is 22.0. The second-order valence-corrected chi connectivity index (χ2v) is 12.1. The van der Waals surface area contributed by atoms with Crippen LogP contribution in [0.1, 0.15) is 12.5 Å². The molecule has 10 nitrogen and oxygen atoms in total. The van der Waals surface area contributed by atoms with Crippen molar-refractivity contribution in [1.82, 2.24) is 19.2 Å². The normalized spacial score (nSPS) is 17.0. The molecule has 0 bridgehead atoms. The molecule has 5 rings (SSSR count). The number of anilines is 1. The topological polar surface area (TPSA) is 136 Å². The monoisotopic (exact) mass is 559 g/mol. The molecule has 2 aromatic carbocycles. The van der Waals surface area contributed by atoms with Gasteiger partial charge in [-0.15, -0.1) is 11.3 Å². The summed E-state index contributed by atoms with van der Waals surface area (Å²) in [6.45, 7) is 1.17. The summed E-state index contributed by atoms with van der Waals surface area (Å²) < 4.78 is 34.0. The van der Waals surface area contributed by atoms with Crippen LogP contribution in [0, 0.1) is 0 Å². The molecule has 1 fully saturated rings.